The summed E-state index contributed by atoms with van der Waals surface area (Å²) in [6.45, 7) is 6.55. The van der Waals surface area contributed by atoms with Gasteiger partial charge in [0.1, 0.15) is 0 Å². The molecule has 0 fully saturated rings. The van der Waals surface area contributed by atoms with Crippen molar-refractivity contribution in [1.82, 2.24) is 4.98 Å². The fraction of sp³-hybridized carbons (Fsp3) is 0.750. The first-order valence-electron chi connectivity index (χ1n) is 5.75. The highest BCUT2D eigenvalue weighted by molar-refractivity contribution is 7.11. The first-order chi connectivity index (χ1) is 7.08. The molecular weight excluding hydrogens is 204 g/mol. The Hall–Kier alpha value is -0.410. The van der Waals surface area contributed by atoms with Crippen molar-refractivity contribution in [3.8, 4) is 0 Å². The van der Waals surface area contributed by atoms with Crippen LogP contribution in [0.4, 0.5) is 0 Å². The number of hydrogen-bond donors (Lipinski definition) is 1. The summed E-state index contributed by atoms with van der Waals surface area (Å²) in [4.78, 5) is 5.61. The van der Waals surface area contributed by atoms with Gasteiger partial charge in [-0.25, -0.2) is 4.98 Å². The number of rotatable bonds is 6. The molecule has 2 N–H and O–H groups in total. The van der Waals surface area contributed by atoms with E-state index in [0.29, 0.717) is 6.04 Å². The summed E-state index contributed by atoms with van der Waals surface area (Å²) in [5, 5.41) is 1.15. The second-order valence-electron chi connectivity index (χ2n) is 4.62. The zero-order chi connectivity index (χ0) is 11.3. The maximum Gasteiger partial charge on any atom is 0.0896 e. The number of aryl methyl sites for hydroxylation is 2. The standard InChI is InChI=1S/C12H22N2S/c1-9(2)4-5-11(13)6-7-12-8-14-10(3)15-12/h8-9,11H,4-7,13H2,1-3H3. The molecule has 0 aliphatic carbocycles. The topological polar surface area (TPSA) is 38.9 Å². The highest BCUT2D eigenvalue weighted by Gasteiger charge is 2.06. The Morgan fingerprint density at radius 2 is 2.07 bits per heavy atom. The zero-order valence-corrected chi connectivity index (χ0v) is 10.8. The van der Waals surface area contributed by atoms with Gasteiger partial charge in [0.2, 0.25) is 0 Å². The minimum Gasteiger partial charge on any atom is -0.328 e. The molecule has 0 saturated heterocycles. The molecule has 1 atom stereocenters. The minimum absolute atomic E-state index is 0.356. The van der Waals surface area contributed by atoms with Crippen LogP contribution in [0.5, 0.6) is 0 Å². The molecule has 3 heteroatoms. The van der Waals surface area contributed by atoms with Crippen LogP contribution in [0.15, 0.2) is 6.20 Å². The van der Waals surface area contributed by atoms with E-state index in [1.54, 1.807) is 11.3 Å². The number of nitrogens with zero attached hydrogens (tertiary/aromatic N) is 1. The lowest BCUT2D eigenvalue weighted by Crippen LogP contribution is -2.21. The van der Waals surface area contributed by atoms with E-state index < -0.39 is 0 Å². The second kappa shape index (κ2) is 6.23. The van der Waals surface area contributed by atoms with E-state index in [1.807, 2.05) is 13.1 Å². The zero-order valence-electron chi connectivity index (χ0n) is 9.99. The number of hydrogen-bond acceptors (Lipinski definition) is 3. The van der Waals surface area contributed by atoms with Crippen molar-refractivity contribution in [3.05, 3.63) is 16.1 Å². The van der Waals surface area contributed by atoms with Crippen LogP contribution in [-0.4, -0.2) is 11.0 Å². The van der Waals surface area contributed by atoms with Crippen LogP contribution in [-0.2, 0) is 6.42 Å². The van der Waals surface area contributed by atoms with Crippen LogP contribution in [0, 0.1) is 12.8 Å². The van der Waals surface area contributed by atoms with Gasteiger partial charge in [-0.3, -0.25) is 0 Å². The van der Waals surface area contributed by atoms with Gasteiger partial charge in [-0.05, 0) is 38.5 Å². The molecule has 15 heavy (non-hydrogen) atoms. The Morgan fingerprint density at radius 1 is 1.33 bits per heavy atom. The van der Waals surface area contributed by atoms with Crippen molar-refractivity contribution >= 4 is 11.3 Å². The molecule has 0 amide bonds. The summed E-state index contributed by atoms with van der Waals surface area (Å²) in [5.41, 5.74) is 6.06. The van der Waals surface area contributed by atoms with Gasteiger partial charge in [-0.15, -0.1) is 11.3 Å². The van der Waals surface area contributed by atoms with Crippen LogP contribution in [0.1, 0.15) is 43.0 Å². The van der Waals surface area contributed by atoms with Crippen LogP contribution >= 0.6 is 11.3 Å². The van der Waals surface area contributed by atoms with E-state index in [-0.39, 0.29) is 0 Å². The van der Waals surface area contributed by atoms with E-state index in [0.717, 1.165) is 30.2 Å². The van der Waals surface area contributed by atoms with Gasteiger partial charge in [-0.2, -0.15) is 0 Å². The van der Waals surface area contributed by atoms with E-state index in [4.69, 9.17) is 5.73 Å². The average molecular weight is 226 g/mol. The van der Waals surface area contributed by atoms with E-state index in [2.05, 4.69) is 18.8 Å². The lowest BCUT2D eigenvalue weighted by atomic mass is 10.0. The molecule has 0 radical (unpaired) electrons. The molecule has 0 aliphatic rings. The van der Waals surface area contributed by atoms with Crippen LogP contribution < -0.4 is 5.73 Å². The lowest BCUT2D eigenvalue weighted by molar-refractivity contribution is 0.479. The van der Waals surface area contributed by atoms with Crippen molar-refractivity contribution in [2.24, 2.45) is 11.7 Å². The SMILES string of the molecule is Cc1ncc(CCC(N)CCC(C)C)s1. The predicted octanol–water partition coefficient (Wildman–Crippen LogP) is 3.15. The fourth-order valence-electron chi connectivity index (χ4n) is 1.54. The Labute approximate surface area is 96.9 Å². The minimum atomic E-state index is 0.356. The average Bonchev–Trinajstić information content (AvgIpc) is 2.58. The first kappa shape index (κ1) is 12.7. The molecule has 0 saturated carbocycles. The van der Waals surface area contributed by atoms with Gasteiger partial charge in [-0.1, -0.05) is 13.8 Å². The maximum atomic E-state index is 6.06. The van der Waals surface area contributed by atoms with Crippen molar-refractivity contribution in [3.63, 3.8) is 0 Å². The summed E-state index contributed by atoms with van der Waals surface area (Å²) < 4.78 is 0. The maximum absolute atomic E-state index is 6.06. The quantitative estimate of drug-likeness (QED) is 0.809. The van der Waals surface area contributed by atoms with Gasteiger partial charge in [0.05, 0.1) is 5.01 Å². The van der Waals surface area contributed by atoms with Crippen LogP contribution in [0.25, 0.3) is 0 Å². The predicted molar refractivity (Wildman–Crippen MR) is 67.2 cm³/mol. The molecule has 2 nitrogen and oxygen atoms in total. The van der Waals surface area contributed by atoms with Crippen molar-refractivity contribution in [2.75, 3.05) is 0 Å². The molecule has 0 aliphatic heterocycles. The highest BCUT2D eigenvalue weighted by Crippen LogP contribution is 2.15. The summed E-state index contributed by atoms with van der Waals surface area (Å²) in [6, 6.07) is 0.356. The van der Waals surface area contributed by atoms with Crippen LogP contribution in [0.2, 0.25) is 0 Å². The molecule has 0 aromatic carbocycles. The van der Waals surface area contributed by atoms with Gasteiger partial charge in [0, 0.05) is 17.1 Å². The van der Waals surface area contributed by atoms with Gasteiger partial charge < -0.3 is 5.73 Å². The van der Waals surface area contributed by atoms with Crippen LogP contribution in [0.3, 0.4) is 0 Å². The molecule has 1 rings (SSSR count). The highest BCUT2D eigenvalue weighted by atomic mass is 32.1. The molecule has 86 valence electrons. The Kier molecular flexibility index (Phi) is 5.26. The monoisotopic (exact) mass is 226 g/mol. The number of nitrogens with two attached hydrogens (primary N) is 1. The normalized spacial score (nSPS) is 13.4. The van der Waals surface area contributed by atoms with E-state index >= 15 is 0 Å². The van der Waals surface area contributed by atoms with Crippen molar-refractivity contribution < 1.29 is 0 Å². The Morgan fingerprint density at radius 3 is 2.60 bits per heavy atom. The largest absolute Gasteiger partial charge is 0.328 e. The molecule has 1 heterocycles. The number of thiazole rings is 1. The van der Waals surface area contributed by atoms with Crippen molar-refractivity contribution in [2.45, 2.75) is 52.5 Å². The third kappa shape index (κ3) is 5.28. The van der Waals surface area contributed by atoms with Gasteiger partial charge in [0.15, 0.2) is 0 Å². The molecule has 0 bridgehead atoms. The summed E-state index contributed by atoms with van der Waals surface area (Å²) >= 11 is 1.79. The lowest BCUT2D eigenvalue weighted by Gasteiger charge is -2.11. The van der Waals surface area contributed by atoms with E-state index in [9.17, 15) is 0 Å². The molecule has 1 aromatic rings. The summed E-state index contributed by atoms with van der Waals surface area (Å²) in [7, 11) is 0. The molecular formula is C12H22N2S. The summed E-state index contributed by atoms with van der Waals surface area (Å²) in [5.74, 6) is 0.765. The smallest absolute Gasteiger partial charge is 0.0896 e. The fourth-order valence-corrected chi connectivity index (χ4v) is 2.35. The summed E-state index contributed by atoms with van der Waals surface area (Å²) in [6.07, 6.45) is 6.55. The Bertz CT molecular complexity index is 281. The second-order valence-corrected chi connectivity index (χ2v) is 5.93. The third-order valence-electron chi connectivity index (χ3n) is 2.55. The van der Waals surface area contributed by atoms with Crippen molar-refractivity contribution in [1.29, 1.82) is 0 Å². The van der Waals surface area contributed by atoms with Gasteiger partial charge >= 0.3 is 0 Å². The van der Waals surface area contributed by atoms with Gasteiger partial charge in [0.25, 0.3) is 0 Å². The third-order valence-corrected chi connectivity index (χ3v) is 3.52. The molecule has 1 aromatic heterocycles. The van der Waals surface area contributed by atoms with E-state index in [1.165, 1.54) is 11.3 Å². The Balaban J connectivity index is 2.19. The first-order valence-corrected chi connectivity index (χ1v) is 6.56. The molecule has 1 unspecified atom stereocenters. The molecule has 0 spiro atoms. The number of aromatic nitrogens is 1.